The van der Waals surface area contributed by atoms with Gasteiger partial charge in [0, 0.05) is 26.1 Å². The molecule has 1 atom stereocenters. The number of aromatic nitrogens is 3. The Kier molecular flexibility index (Phi) is 5.71. The van der Waals surface area contributed by atoms with Gasteiger partial charge >= 0.3 is 11.7 Å². The van der Waals surface area contributed by atoms with Gasteiger partial charge < -0.3 is 4.74 Å². The van der Waals surface area contributed by atoms with Crippen LogP contribution in [0.15, 0.2) is 29.1 Å². The van der Waals surface area contributed by atoms with Gasteiger partial charge in [-0.3, -0.25) is 4.57 Å². The van der Waals surface area contributed by atoms with E-state index in [1.165, 1.54) is 26.9 Å². The molecule has 0 saturated carbocycles. The van der Waals surface area contributed by atoms with Crippen molar-refractivity contribution < 1.29 is 17.9 Å². The van der Waals surface area contributed by atoms with Gasteiger partial charge in [0.05, 0.1) is 25.5 Å². The van der Waals surface area contributed by atoms with Gasteiger partial charge in [-0.25, -0.2) is 27.0 Å². The fourth-order valence-corrected chi connectivity index (χ4v) is 4.37. The molecule has 1 aliphatic rings. The molecule has 152 valence electrons. The van der Waals surface area contributed by atoms with Crippen molar-refractivity contribution in [1.29, 1.82) is 0 Å². The van der Waals surface area contributed by atoms with Crippen molar-refractivity contribution in [3.8, 4) is 0 Å². The van der Waals surface area contributed by atoms with Crippen molar-refractivity contribution >= 4 is 16.0 Å². The van der Waals surface area contributed by atoms with Gasteiger partial charge in [-0.15, -0.1) is 0 Å². The predicted molar refractivity (Wildman–Crippen MR) is 103 cm³/mol. The summed E-state index contributed by atoms with van der Waals surface area (Å²) in [5.41, 5.74) is 0.993. The number of esters is 1. The molecule has 0 aliphatic carbocycles. The van der Waals surface area contributed by atoms with E-state index in [4.69, 9.17) is 0 Å². The van der Waals surface area contributed by atoms with Gasteiger partial charge in [-0.2, -0.15) is 5.10 Å². The zero-order valence-electron chi connectivity index (χ0n) is 16.2. The number of hydrogen-bond donors (Lipinski definition) is 0. The molecule has 3 rings (SSSR count). The molecule has 1 aliphatic heterocycles. The number of nitrogens with zero attached hydrogens (tertiary/aromatic N) is 4. The van der Waals surface area contributed by atoms with E-state index in [0.717, 1.165) is 18.4 Å². The van der Waals surface area contributed by atoms with Crippen LogP contribution in [-0.4, -0.2) is 59.5 Å². The van der Waals surface area contributed by atoms with Crippen LogP contribution in [0.4, 0.5) is 0 Å². The van der Waals surface area contributed by atoms with E-state index >= 15 is 0 Å². The Morgan fingerprint density at radius 2 is 1.96 bits per heavy atom. The minimum absolute atomic E-state index is 0.121. The lowest BCUT2D eigenvalue weighted by atomic mass is 9.99. The molecule has 0 amide bonds. The minimum atomic E-state index is -3.27. The number of ether oxygens (including phenoxy) is 1. The molecule has 10 heteroatoms. The van der Waals surface area contributed by atoms with Gasteiger partial charge in [0.25, 0.3) is 0 Å². The van der Waals surface area contributed by atoms with Crippen LogP contribution in [0, 0.1) is 0 Å². The van der Waals surface area contributed by atoms with E-state index in [0.29, 0.717) is 24.5 Å². The van der Waals surface area contributed by atoms with Crippen LogP contribution < -0.4 is 5.69 Å². The zero-order chi connectivity index (χ0) is 20.5. The number of hydrogen-bond acceptors (Lipinski definition) is 6. The highest BCUT2D eigenvalue weighted by Gasteiger charge is 2.30. The van der Waals surface area contributed by atoms with E-state index in [1.54, 1.807) is 31.3 Å². The van der Waals surface area contributed by atoms with E-state index in [-0.39, 0.29) is 18.2 Å². The maximum absolute atomic E-state index is 12.6. The maximum atomic E-state index is 12.6. The van der Waals surface area contributed by atoms with E-state index in [9.17, 15) is 18.0 Å². The van der Waals surface area contributed by atoms with Crippen molar-refractivity contribution in [2.24, 2.45) is 7.05 Å². The minimum Gasteiger partial charge on any atom is -0.465 e. The first-order chi connectivity index (χ1) is 13.2. The molecule has 1 aromatic carbocycles. The number of carbonyl (C=O) groups excluding carboxylic acids is 1. The molecule has 0 bridgehead atoms. The smallest absolute Gasteiger partial charge is 0.345 e. The molecule has 2 heterocycles. The Bertz CT molecular complexity index is 1020. The molecule has 1 fully saturated rings. The van der Waals surface area contributed by atoms with Crippen molar-refractivity contribution in [2.75, 3.05) is 26.5 Å². The summed E-state index contributed by atoms with van der Waals surface area (Å²) in [6.07, 6.45) is 2.71. The first kappa shape index (κ1) is 20.3. The molecule has 1 aromatic heterocycles. The fourth-order valence-electron chi connectivity index (χ4n) is 3.45. The maximum Gasteiger partial charge on any atom is 0.345 e. The number of benzene rings is 1. The SMILES string of the molecule is COC(=O)c1ccc(Cn2nc(C3CCCN(S(C)(=O)=O)C3)n(C)c2=O)cc1. The molecule has 0 spiro atoms. The average molecular weight is 408 g/mol. The molecule has 0 radical (unpaired) electrons. The highest BCUT2D eigenvalue weighted by molar-refractivity contribution is 7.88. The van der Waals surface area contributed by atoms with E-state index in [1.807, 2.05) is 0 Å². The normalized spacial score (nSPS) is 18.2. The first-order valence-corrected chi connectivity index (χ1v) is 10.8. The summed E-state index contributed by atoms with van der Waals surface area (Å²) < 4.78 is 32.7. The third kappa shape index (κ3) is 4.17. The number of piperidine rings is 1. The van der Waals surface area contributed by atoms with Gasteiger partial charge in [0.2, 0.25) is 10.0 Å². The van der Waals surface area contributed by atoms with Gasteiger partial charge in [0.1, 0.15) is 5.82 Å². The van der Waals surface area contributed by atoms with Crippen molar-refractivity contribution in [3.05, 3.63) is 51.7 Å². The molecule has 2 aromatic rings. The summed E-state index contributed by atoms with van der Waals surface area (Å²) in [6.45, 7) is 1.09. The predicted octanol–water partition coefficient (Wildman–Crippen LogP) is 0.556. The number of sulfonamides is 1. The van der Waals surface area contributed by atoms with E-state index < -0.39 is 16.0 Å². The van der Waals surface area contributed by atoms with Crippen LogP contribution in [0.3, 0.4) is 0 Å². The molecular weight excluding hydrogens is 384 g/mol. The monoisotopic (exact) mass is 408 g/mol. The van der Waals surface area contributed by atoms with Gasteiger partial charge in [0.15, 0.2) is 0 Å². The summed E-state index contributed by atoms with van der Waals surface area (Å²) in [4.78, 5) is 24.1. The van der Waals surface area contributed by atoms with Crippen LogP contribution >= 0.6 is 0 Å². The van der Waals surface area contributed by atoms with Gasteiger partial charge in [-0.1, -0.05) is 12.1 Å². The largest absolute Gasteiger partial charge is 0.465 e. The van der Waals surface area contributed by atoms with Crippen LogP contribution in [0.2, 0.25) is 0 Å². The average Bonchev–Trinajstić information content (AvgIpc) is 2.96. The second-order valence-electron chi connectivity index (χ2n) is 7.01. The number of methoxy groups -OCH3 is 1. The Balaban J connectivity index is 1.81. The van der Waals surface area contributed by atoms with Crippen molar-refractivity contribution in [1.82, 2.24) is 18.7 Å². The Hall–Kier alpha value is -2.46. The number of carbonyl (C=O) groups is 1. The lowest BCUT2D eigenvalue weighted by molar-refractivity contribution is 0.0600. The highest BCUT2D eigenvalue weighted by atomic mass is 32.2. The van der Waals surface area contributed by atoms with E-state index in [2.05, 4.69) is 9.84 Å². The lowest BCUT2D eigenvalue weighted by Gasteiger charge is -2.30. The summed E-state index contributed by atoms with van der Waals surface area (Å²) in [5, 5.41) is 4.47. The molecular formula is C18H24N4O5S. The Morgan fingerprint density at radius 1 is 1.29 bits per heavy atom. The second kappa shape index (κ2) is 7.88. The van der Waals surface area contributed by atoms with Crippen LogP contribution in [-0.2, 0) is 28.4 Å². The summed E-state index contributed by atoms with van der Waals surface area (Å²) in [7, 11) is -0.297. The summed E-state index contributed by atoms with van der Waals surface area (Å²) in [5.74, 6) is 0.0465. The fraction of sp³-hybridized carbons (Fsp3) is 0.500. The third-order valence-electron chi connectivity index (χ3n) is 5.00. The molecule has 1 unspecified atom stereocenters. The third-order valence-corrected chi connectivity index (χ3v) is 6.27. The quantitative estimate of drug-likeness (QED) is 0.670. The van der Waals surface area contributed by atoms with Crippen LogP contribution in [0.5, 0.6) is 0 Å². The van der Waals surface area contributed by atoms with Crippen LogP contribution in [0.25, 0.3) is 0 Å². The van der Waals surface area contributed by atoms with Crippen LogP contribution in [0.1, 0.15) is 40.5 Å². The second-order valence-corrected chi connectivity index (χ2v) is 8.99. The Labute approximate surface area is 163 Å². The molecule has 9 nitrogen and oxygen atoms in total. The van der Waals surface area contributed by atoms with Crippen molar-refractivity contribution in [3.63, 3.8) is 0 Å². The number of rotatable bonds is 5. The molecule has 1 saturated heterocycles. The topological polar surface area (TPSA) is 104 Å². The first-order valence-electron chi connectivity index (χ1n) is 8.97. The van der Waals surface area contributed by atoms with Gasteiger partial charge in [-0.05, 0) is 30.5 Å². The zero-order valence-corrected chi connectivity index (χ0v) is 17.0. The Morgan fingerprint density at radius 3 is 2.57 bits per heavy atom. The molecule has 0 N–H and O–H groups in total. The summed E-state index contributed by atoms with van der Waals surface area (Å²) >= 11 is 0. The molecule has 28 heavy (non-hydrogen) atoms. The summed E-state index contributed by atoms with van der Waals surface area (Å²) in [6, 6.07) is 6.78. The lowest BCUT2D eigenvalue weighted by Crippen LogP contribution is -2.39. The standard InChI is InChI=1S/C18H24N4O5S/c1-20-16(15-5-4-10-21(12-15)28(3,25)26)19-22(18(20)24)11-13-6-8-14(9-7-13)17(23)27-2/h6-9,15H,4-5,10-12H2,1-3H3. The van der Waals surface area contributed by atoms with Crippen molar-refractivity contribution in [2.45, 2.75) is 25.3 Å². The highest BCUT2D eigenvalue weighted by Crippen LogP contribution is 2.26.